The second kappa shape index (κ2) is 13.6. The Morgan fingerprint density at radius 2 is 1.26 bits per heavy atom. The van der Waals surface area contributed by atoms with Crippen LogP contribution in [0.15, 0.2) is 60.9 Å². The van der Waals surface area contributed by atoms with Gasteiger partial charge < -0.3 is 47.8 Å². The molecule has 0 saturated carbocycles. The lowest BCUT2D eigenvalue weighted by molar-refractivity contribution is -0.124. The van der Waals surface area contributed by atoms with Crippen molar-refractivity contribution in [2.75, 3.05) is 0 Å². The predicted molar refractivity (Wildman–Crippen MR) is 188 cm³/mol. The summed E-state index contributed by atoms with van der Waals surface area (Å²) in [6.45, 7) is 0. The topological polar surface area (TPSA) is 189 Å². The number of amides is 1. The number of aromatic amines is 2. The molecule has 3 atom stereocenters. The molecule has 46 heavy (non-hydrogen) atoms. The second-order valence-corrected chi connectivity index (χ2v) is 13.6. The molecular weight excluding hydrogens is 638 g/mol. The Kier molecular flexibility index (Phi) is 10.1. The van der Waals surface area contributed by atoms with Crippen molar-refractivity contribution in [2.45, 2.75) is 81.2 Å². The average Bonchev–Trinajstić information content (AvgIpc) is 3.61. The Hall–Kier alpha value is -3.10. The van der Waals surface area contributed by atoms with Crippen LogP contribution in [0.4, 0.5) is 0 Å². The second-order valence-electron chi connectivity index (χ2n) is 12.8. The molecule has 3 unspecified atom stereocenters. The van der Waals surface area contributed by atoms with E-state index in [4.69, 9.17) is 53.1 Å². The van der Waals surface area contributed by atoms with Gasteiger partial charge in [0.05, 0.1) is 17.3 Å². The van der Waals surface area contributed by atoms with Crippen LogP contribution in [-0.4, -0.2) is 25.0 Å². The zero-order valence-electron chi connectivity index (χ0n) is 25.8. The van der Waals surface area contributed by atoms with E-state index in [2.05, 4.69) is 57.0 Å². The van der Waals surface area contributed by atoms with E-state index in [0.29, 0.717) is 34.5 Å². The highest BCUT2D eigenvalue weighted by molar-refractivity contribution is 7.71. The zero-order chi connectivity index (χ0) is 31.9. The van der Waals surface area contributed by atoms with Crippen LogP contribution in [0.1, 0.15) is 77.8 Å². The van der Waals surface area contributed by atoms with Crippen LogP contribution in [0, 0.1) is 15.5 Å². The summed E-state index contributed by atoms with van der Waals surface area (Å²) in [5.41, 5.74) is 37.0. The van der Waals surface area contributed by atoms with Crippen molar-refractivity contribution in [1.82, 2.24) is 19.1 Å². The third kappa shape index (κ3) is 6.52. The molecule has 0 spiro atoms. The van der Waals surface area contributed by atoms with Crippen molar-refractivity contribution in [3.05, 3.63) is 104 Å². The summed E-state index contributed by atoms with van der Waals surface area (Å²) >= 11 is 11.4. The van der Waals surface area contributed by atoms with Crippen LogP contribution in [0.3, 0.4) is 0 Å². The fraction of sp³-hybridized carbons (Fsp3) is 0.424. The molecule has 2 aliphatic carbocycles. The van der Waals surface area contributed by atoms with E-state index in [1.54, 1.807) is 12.4 Å². The van der Waals surface area contributed by atoms with Gasteiger partial charge in [0, 0.05) is 24.5 Å². The number of hydrogen-bond donors (Lipinski definition) is 7. The molecule has 0 aliphatic heterocycles. The first-order valence-electron chi connectivity index (χ1n) is 15.7. The van der Waals surface area contributed by atoms with Gasteiger partial charge in [0.1, 0.15) is 11.3 Å². The SMILES string of the molecule is Cl.NC(=O)C(CCCC(N)(N)c1c[nH]c(=S)n1C1CCc2ccccc2C1)C(N)(N)c1c[nH]c(=S)n1C1CCc2ccccc2C1. The summed E-state index contributed by atoms with van der Waals surface area (Å²) in [6.07, 6.45) is 9.99. The largest absolute Gasteiger partial charge is 0.369 e. The van der Waals surface area contributed by atoms with Gasteiger partial charge in [-0.25, -0.2) is 0 Å². The van der Waals surface area contributed by atoms with Crippen molar-refractivity contribution >= 4 is 42.7 Å². The average molecular weight is 682 g/mol. The molecule has 2 heterocycles. The molecule has 246 valence electrons. The minimum absolute atomic E-state index is 0. The number of rotatable bonds is 10. The minimum atomic E-state index is -1.57. The van der Waals surface area contributed by atoms with Gasteiger partial charge in [0.15, 0.2) is 9.54 Å². The number of aryl methyl sites for hydroxylation is 2. The Labute approximate surface area is 285 Å². The zero-order valence-corrected chi connectivity index (χ0v) is 28.2. The monoisotopic (exact) mass is 681 g/mol. The van der Waals surface area contributed by atoms with E-state index in [1.165, 1.54) is 22.3 Å². The number of benzene rings is 2. The van der Waals surface area contributed by atoms with Crippen LogP contribution in [0.5, 0.6) is 0 Å². The molecule has 0 saturated heterocycles. The Morgan fingerprint density at radius 1 is 0.804 bits per heavy atom. The molecule has 0 fully saturated rings. The van der Waals surface area contributed by atoms with Crippen LogP contribution in [0.2, 0.25) is 0 Å². The molecule has 6 rings (SSSR count). The summed E-state index contributed by atoms with van der Waals surface area (Å²) in [7, 11) is 0. The van der Waals surface area contributed by atoms with Gasteiger partial charge in [-0.05, 0) is 104 Å². The van der Waals surface area contributed by atoms with Gasteiger partial charge in [-0.1, -0.05) is 48.5 Å². The lowest BCUT2D eigenvalue weighted by Gasteiger charge is -2.36. The van der Waals surface area contributed by atoms with Gasteiger partial charge >= 0.3 is 0 Å². The maximum absolute atomic E-state index is 12.9. The Morgan fingerprint density at radius 3 is 1.76 bits per heavy atom. The first kappa shape index (κ1) is 34.2. The number of carbonyl (C=O) groups is 1. The van der Waals surface area contributed by atoms with E-state index in [9.17, 15) is 4.79 Å². The first-order chi connectivity index (χ1) is 21.5. The van der Waals surface area contributed by atoms with Gasteiger partial charge in [-0.2, -0.15) is 0 Å². The number of nitrogens with one attached hydrogen (secondary N) is 2. The number of nitrogens with two attached hydrogens (primary N) is 5. The summed E-state index contributed by atoms with van der Waals surface area (Å²) in [6, 6.07) is 17.1. The fourth-order valence-corrected chi connectivity index (χ4v) is 8.11. The third-order valence-corrected chi connectivity index (χ3v) is 10.5. The van der Waals surface area contributed by atoms with Crippen molar-refractivity contribution in [3.8, 4) is 0 Å². The molecule has 13 heteroatoms. The molecule has 0 bridgehead atoms. The first-order valence-corrected chi connectivity index (χ1v) is 16.5. The highest BCUT2D eigenvalue weighted by Gasteiger charge is 2.41. The highest BCUT2D eigenvalue weighted by Crippen LogP contribution is 2.36. The maximum atomic E-state index is 12.9. The van der Waals surface area contributed by atoms with E-state index in [0.717, 1.165) is 44.2 Å². The molecule has 12 N–H and O–H groups in total. The van der Waals surface area contributed by atoms with Crippen molar-refractivity contribution in [1.29, 1.82) is 0 Å². The number of H-pyrrole nitrogens is 2. The minimum Gasteiger partial charge on any atom is -0.369 e. The van der Waals surface area contributed by atoms with Crippen LogP contribution in [0.25, 0.3) is 0 Å². The summed E-state index contributed by atoms with van der Waals surface area (Å²) in [5, 5.41) is 0. The number of fused-ring (bicyclic) bond motifs is 2. The Bertz CT molecular complexity index is 1820. The highest BCUT2D eigenvalue weighted by atomic mass is 35.5. The van der Waals surface area contributed by atoms with Crippen LogP contribution in [-0.2, 0) is 41.8 Å². The van der Waals surface area contributed by atoms with E-state index in [-0.39, 0.29) is 24.5 Å². The van der Waals surface area contributed by atoms with E-state index in [1.807, 2.05) is 10.6 Å². The number of imidazole rings is 2. The smallest absolute Gasteiger partial charge is 0.224 e. The third-order valence-electron chi connectivity index (χ3n) is 9.92. The molecule has 1 amide bonds. The predicted octanol–water partition coefficient (Wildman–Crippen LogP) is 4.40. The lowest BCUT2D eigenvalue weighted by atomic mass is 9.83. The van der Waals surface area contributed by atoms with Gasteiger partial charge in [-0.15, -0.1) is 12.4 Å². The standard InChI is InChI=1S/C33H43N9OS2.ClH/c34-29(43)26(33(37,38)28-19-40-31(45)42(28)25-14-12-21-7-2-4-9-23(21)17-25)10-5-15-32(35,36)27-18-39-30(44)41(27)24-13-11-20-6-1-3-8-22(20)16-24;/h1-4,6-9,18-19,24-26H,5,10-17,35-38H2,(H2,34,43)(H,39,44)(H,40,45);1H. The number of primary amides is 1. The van der Waals surface area contributed by atoms with Gasteiger partial charge in [-0.3, -0.25) is 4.79 Å². The van der Waals surface area contributed by atoms with Crippen molar-refractivity contribution in [3.63, 3.8) is 0 Å². The summed E-state index contributed by atoms with van der Waals surface area (Å²) < 4.78 is 5.16. The molecule has 0 radical (unpaired) electrons. The molecule has 4 aromatic rings. The number of hydrogen-bond acceptors (Lipinski definition) is 7. The summed E-state index contributed by atoms with van der Waals surface area (Å²) in [5.74, 6) is -1.47. The van der Waals surface area contributed by atoms with Gasteiger partial charge in [0.25, 0.3) is 0 Å². The van der Waals surface area contributed by atoms with Gasteiger partial charge in [0.2, 0.25) is 5.91 Å². The number of carbonyl (C=O) groups excluding carboxylic acids is 1. The molecular formula is C33H44ClN9OS2. The molecule has 2 aromatic heterocycles. The summed E-state index contributed by atoms with van der Waals surface area (Å²) in [4.78, 5) is 19.2. The van der Waals surface area contributed by atoms with Crippen LogP contribution < -0.4 is 28.7 Å². The number of nitrogens with zero attached hydrogens (tertiary/aromatic N) is 2. The van der Waals surface area contributed by atoms with Crippen molar-refractivity contribution < 1.29 is 4.79 Å². The lowest BCUT2D eigenvalue weighted by Crippen LogP contribution is -2.58. The maximum Gasteiger partial charge on any atom is 0.224 e. The number of halogens is 1. The molecule has 2 aromatic carbocycles. The van der Waals surface area contributed by atoms with E-state index >= 15 is 0 Å². The molecule has 10 nitrogen and oxygen atoms in total. The van der Waals surface area contributed by atoms with E-state index < -0.39 is 23.2 Å². The Balaban J connectivity index is 0.00000417. The van der Waals surface area contributed by atoms with Crippen LogP contribution >= 0.6 is 36.8 Å². The molecule has 2 aliphatic rings. The normalized spacial score (nSPS) is 18.7. The fourth-order valence-electron chi connectivity index (χ4n) is 7.49. The van der Waals surface area contributed by atoms with Crippen molar-refractivity contribution in [2.24, 2.45) is 34.6 Å². The quantitative estimate of drug-likeness (QED) is 0.0954. The number of aromatic nitrogens is 4.